The minimum atomic E-state index is 0.0436. The fourth-order valence-corrected chi connectivity index (χ4v) is 6.27. The summed E-state index contributed by atoms with van der Waals surface area (Å²) in [4.78, 5) is 25.9. The molecule has 2 fully saturated rings. The number of amides is 1. The fraction of sp³-hybridized carbons (Fsp3) is 0.333. The Balaban J connectivity index is 1.24. The van der Waals surface area contributed by atoms with Crippen molar-refractivity contribution in [1.82, 2.24) is 24.9 Å². The Bertz CT molecular complexity index is 1390. The van der Waals surface area contributed by atoms with Crippen molar-refractivity contribution in [2.75, 3.05) is 24.5 Å². The number of benzene rings is 2. The molecule has 178 valence electrons. The third-order valence-electron chi connectivity index (χ3n) is 7.18. The number of hydrogen-bond acceptors (Lipinski definition) is 6. The van der Waals surface area contributed by atoms with Gasteiger partial charge in [-0.15, -0.1) is 11.3 Å². The molecule has 2 aliphatic heterocycles. The molecule has 0 bridgehead atoms. The van der Waals surface area contributed by atoms with Gasteiger partial charge >= 0.3 is 0 Å². The van der Waals surface area contributed by atoms with Gasteiger partial charge in [-0.3, -0.25) is 4.79 Å². The second-order valence-corrected chi connectivity index (χ2v) is 10.8. The number of piperidine rings is 1. The first-order valence-corrected chi connectivity index (χ1v) is 12.9. The normalized spacial score (nSPS) is 19.4. The van der Waals surface area contributed by atoms with E-state index >= 15 is 0 Å². The van der Waals surface area contributed by atoms with Crippen LogP contribution in [0.1, 0.15) is 32.8 Å². The number of nitrogens with zero attached hydrogens (tertiary/aromatic N) is 6. The minimum absolute atomic E-state index is 0.0436. The van der Waals surface area contributed by atoms with E-state index in [1.165, 1.54) is 20.8 Å². The summed E-state index contributed by atoms with van der Waals surface area (Å²) in [5.41, 5.74) is 5.89. The second-order valence-electron chi connectivity index (χ2n) is 9.63. The van der Waals surface area contributed by atoms with Crippen molar-refractivity contribution < 1.29 is 4.79 Å². The maximum absolute atomic E-state index is 13.7. The van der Waals surface area contributed by atoms with Crippen LogP contribution >= 0.6 is 11.3 Å². The number of carbonyl (C=O) groups excluding carboxylic acids is 1. The highest BCUT2D eigenvalue weighted by Gasteiger charge is 2.45. The molecule has 2 saturated heterocycles. The van der Waals surface area contributed by atoms with Crippen LogP contribution < -0.4 is 4.90 Å². The van der Waals surface area contributed by atoms with Crippen molar-refractivity contribution in [3.05, 3.63) is 76.4 Å². The lowest BCUT2D eigenvalue weighted by atomic mass is 9.82. The van der Waals surface area contributed by atoms with Crippen LogP contribution in [0.3, 0.4) is 0 Å². The molecule has 7 nitrogen and oxygen atoms in total. The van der Waals surface area contributed by atoms with Crippen molar-refractivity contribution in [1.29, 1.82) is 0 Å². The highest BCUT2D eigenvalue weighted by atomic mass is 32.1. The molecule has 0 aliphatic carbocycles. The van der Waals surface area contributed by atoms with Gasteiger partial charge in [-0.25, -0.2) is 4.98 Å². The Kier molecular flexibility index (Phi) is 5.40. The fourth-order valence-electron chi connectivity index (χ4n) is 5.27. The van der Waals surface area contributed by atoms with Crippen LogP contribution in [0.2, 0.25) is 0 Å². The summed E-state index contributed by atoms with van der Waals surface area (Å²) in [5.74, 6) is 0.650. The Morgan fingerprint density at radius 3 is 2.60 bits per heavy atom. The molecule has 35 heavy (non-hydrogen) atoms. The van der Waals surface area contributed by atoms with E-state index in [4.69, 9.17) is 4.98 Å². The number of carbonyl (C=O) groups is 1. The predicted octanol–water partition coefficient (Wildman–Crippen LogP) is 4.67. The summed E-state index contributed by atoms with van der Waals surface area (Å²) in [7, 11) is 0. The highest BCUT2D eigenvalue weighted by molar-refractivity contribution is 7.16. The van der Waals surface area contributed by atoms with Gasteiger partial charge in [0, 0.05) is 36.0 Å². The zero-order valence-corrected chi connectivity index (χ0v) is 21.0. The number of aryl methyl sites for hydroxylation is 3. The molecule has 2 aromatic carbocycles. The highest BCUT2D eigenvalue weighted by Crippen LogP contribution is 2.41. The second kappa shape index (κ2) is 8.61. The molecule has 1 amide bonds. The lowest BCUT2D eigenvalue weighted by Gasteiger charge is -2.53. The van der Waals surface area contributed by atoms with Crippen LogP contribution in [0.5, 0.6) is 0 Å². The van der Waals surface area contributed by atoms with Gasteiger partial charge < -0.3 is 9.80 Å². The summed E-state index contributed by atoms with van der Waals surface area (Å²) in [6.45, 7) is 8.77. The lowest BCUT2D eigenvalue weighted by Crippen LogP contribution is -2.65. The SMILES string of the molecule is Cc1cccc(-c2nc(N3C[C@@H]4CCN(C(=O)c5cc(C)ccc5-n5nccn5)C[C@H]43)sc2C)c1. The maximum atomic E-state index is 13.7. The Labute approximate surface area is 209 Å². The maximum Gasteiger partial charge on any atom is 0.256 e. The number of thiazole rings is 1. The van der Waals surface area contributed by atoms with E-state index < -0.39 is 0 Å². The van der Waals surface area contributed by atoms with Gasteiger partial charge in [-0.05, 0) is 45.4 Å². The molecule has 0 spiro atoms. The lowest BCUT2D eigenvalue weighted by molar-refractivity contribution is 0.0592. The van der Waals surface area contributed by atoms with Crippen LogP contribution in [0.15, 0.2) is 54.9 Å². The summed E-state index contributed by atoms with van der Waals surface area (Å²) in [6, 6.07) is 14.7. The zero-order valence-electron chi connectivity index (χ0n) is 20.2. The van der Waals surface area contributed by atoms with E-state index in [1.54, 1.807) is 23.7 Å². The molecule has 2 atom stereocenters. The van der Waals surface area contributed by atoms with Crippen LogP contribution in [-0.2, 0) is 0 Å². The van der Waals surface area contributed by atoms with Crippen LogP contribution in [0.25, 0.3) is 16.9 Å². The molecule has 8 heteroatoms. The van der Waals surface area contributed by atoms with Crippen LogP contribution in [0, 0.1) is 26.7 Å². The summed E-state index contributed by atoms with van der Waals surface area (Å²) in [6.07, 6.45) is 4.28. The first-order valence-electron chi connectivity index (χ1n) is 12.1. The predicted molar refractivity (Wildman–Crippen MR) is 138 cm³/mol. The van der Waals surface area contributed by atoms with Gasteiger partial charge in [0.1, 0.15) is 0 Å². The average Bonchev–Trinajstić information content (AvgIpc) is 3.49. The molecule has 2 aromatic heterocycles. The van der Waals surface area contributed by atoms with Gasteiger partial charge in [-0.1, -0.05) is 35.4 Å². The molecular weight excluding hydrogens is 456 g/mol. The van der Waals surface area contributed by atoms with Gasteiger partial charge in [0.2, 0.25) is 0 Å². The summed E-state index contributed by atoms with van der Waals surface area (Å²) < 4.78 is 0. The summed E-state index contributed by atoms with van der Waals surface area (Å²) in [5, 5.41) is 9.57. The van der Waals surface area contributed by atoms with Crippen molar-refractivity contribution in [2.24, 2.45) is 5.92 Å². The quantitative estimate of drug-likeness (QED) is 0.421. The van der Waals surface area contributed by atoms with E-state index in [1.807, 2.05) is 30.0 Å². The number of aromatic nitrogens is 4. The van der Waals surface area contributed by atoms with Crippen molar-refractivity contribution in [3.8, 4) is 16.9 Å². The number of anilines is 1. The van der Waals surface area contributed by atoms with Gasteiger partial charge in [-0.2, -0.15) is 15.0 Å². The summed E-state index contributed by atoms with van der Waals surface area (Å²) >= 11 is 1.75. The smallest absolute Gasteiger partial charge is 0.256 e. The molecule has 6 rings (SSSR count). The van der Waals surface area contributed by atoms with Gasteiger partial charge in [0.25, 0.3) is 5.91 Å². The first kappa shape index (κ1) is 22.0. The van der Waals surface area contributed by atoms with Crippen molar-refractivity contribution >= 4 is 22.4 Å². The van der Waals surface area contributed by atoms with E-state index in [9.17, 15) is 4.79 Å². The molecule has 0 unspecified atom stereocenters. The average molecular weight is 485 g/mol. The standard InChI is InChI=1S/C27H28N6OS/c1-17-5-4-6-20(13-17)25-19(3)35-27(30-25)32-15-21-9-12-31(16-24(21)32)26(34)22-14-18(2)7-8-23(22)33-28-10-11-29-33/h4-8,10-11,13-14,21,24H,9,12,15-16H2,1-3H3/t21-,24+/m0/s1. The molecule has 0 N–H and O–H groups in total. The van der Waals surface area contributed by atoms with Gasteiger partial charge in [0.15, 0.2) is 5.13 Å². The van der Waals surface area contributed by atoms with Crippen molar-refractivity contribution in [2.45, 2.75) is 33.2 Å². The van der Waals surface area contributed by atoms with Crippen LogP contribution in [-0.4, -0.2) is 56.5 Å². The molecule has 2 aliphatic rings. The first-order chi connectivity index (χ1) is 17.0. The van der Waals surface area contributed by atoms with E-state index in [0.29, 0.717) is 24.1 Å². The van der Waals surface area contributed by atoms with Crippen LogP contribution in [0.4, 0.5) is 5.13 Å². The molecule has 4 heterocycles. The molecule has 4 aromatic rings. The largest absolute Gasteiger partial charge is 0.343 e. The molecule has 0 saturated carbocycles. The monoisotopic (exact) mass is 484 g/mol. The van der Waals surface area contributed by atoms with E-state index in [-0.39, 0.29) is 5.91 Å². The van der Waals surface area contributed by atoms with Crippen molar-refractivity contribution in [3.63, 3.8) is 0 Å². The third-order valence-corrected chi connectivity index (χ3v) is 8.19. The zero-order chi connectivity index (χ0) is 24.1. The number of fused-ring (bicyclic) bond motifs is 1. The number of rotatable bonds is 4. The molecule has 0 radical (unpaired) electrons. The number of likely N-dealkylation sites (tertiary alicyclic amines) is 1. The number of hydrogen-bond donors (Lipinski definition) is 0. The Morgan fingerprint density at radius 2 is 1.80 bits per heavy atom. The minimum Gasteiger partial charge on any atom is -0.343 e. The Hall–Kier alpha value is -3.52. The topological polar surface area (TPSA) is 67.2 Å². The van der Waals surface area contributed by atoms with Gasteiger partial charge in [0.05, 0.1) is 35.4 Å². The van der Waals surface area contributed by atoms with E-state index in [2.05, 4.69) is 53.2 Å². The molecular formula is C27H28N6OS. The Morgan fingerprint density at radius 1 is 1.00 bits per heavy atom. The van der Waals surface area contributed by atoms with E-state index in [0.717, 1.165) is 41.6 Å². The third kappa shape index (κ3) is 3.91.